The van der Waals surface area contributed by atoms with E-state index in [4.69, 9.17) is 4.74 Å². The van der Waals surface area contributed by atoms with E-state index in [1.165, 1.54) is 38.5 Å². The first-order valence-electron chi connectivity index (χ1n) is 7.82. The van der Waals surface area contributed by atoms with Crippen LogP contribution in [0.4, 0.5) is 0 Å². The molecule has 0 radical (unpaired) electrons. The number of aliphatic hydroxyl groups is 1. The Labute approximate surface area is 111 Å². The second kappa shape index (κ2) is 7.46. The van der Waals surface area contributed by atoms with Gasteiger partial charge in [-0.25, -0.2) is 0 Å². The Morgan fingerprint density at radius 2 is 2.06 bits per heavy atom. The molecule has 1 saturated carbocycles. The van der Waals surface area contributed by atoms with Gasteiger partial charge >= 0.3 is 0 Å². The van der Waals surface area contributed by atoms with E-state index in [1.54, 1.807) is 0 Å². The van der Waals surface area contributed by atoms with Crippen molar-refractivity contribution in [3.8, 4) is 0 Å². The molecule has 2 fully saturated rings. The lowest BCUT2D eigenvalue weighted by molar-refractivity contribution is -0.00844. The predicted molar refractivity (Wildman–Crippen MR) is 73.6 cm³/mol. The maximum absolute atomic E-state index is 9.46. The monoisotopic (exact) mass is 255 g/mol. The van der Waals surface area contributed by atoms with Gasteiger partial charge < -0.3 is 15.2 Å². The summed E-state index contributed by atoms with van der Waals surface area (Å²) in [5.74, 6) is 0.478. The van der Waals surface area contributed by atoms with Crippen molar-refractivity contribution in [2.45, 2.75) is 76.5 Å². The fraction of sp³-hybridized carbons (Fsp3) is 1.00. The molecule has 2 aliphatic rings. The van der Waals surface area contributed by atoms with Crippen LogP contribution in [0.25, 0.3) is 0 Å². The molecule has 0 aromatic rings. The van der Waals surface area contributed by atoms with E-state index in [2.05, 4.69) is 12.2 Å². The molecule has 1 aliphatic carbocycles. The summed E-state index contributed by atoms with van der Waals surface area (Å²) in [4.78, 5) is 0. The van der Waals surface area contributed by atoms with Gasteiger partial charge in [-0.05, 0) is 38.0 Å². The zero-order valence-electron chi connectivity index (χ0n) is 11.7. The van der Waals surface area contributed by atoms with Crippen LogP contribution < -0.4 is 5.32 Å². The highest BCUT2D eigenvalue weighted by molar-refractivity contribution is 4.86. The summed E-state index contributed by atoms with van der Waals surface area (Å²) in [6.45, 7) is 3.47. The van der Waals surface area contributed by atoms with Crippen LogP contribution in [-0.2, 0) is 4.74 Å². The Morgan fingerprint density at radius 3 is 2.83 bits per heavy atom. The zero-order valence-corrected chi connectivity index (χ0v) is 11.7. The molecule has 3 heteroatoms. The van der Waals surface area contributed by atoms with E-state index in [-0.39, 0.29) is 0 Å². The van der Waals surface area contributed by atoms with E-state index in [0.29, 0.717) is 30.7 Å². The Hall–Kier alpha value is -0.120. The van der Waals surface area contributed by atoms with E-state index < -0.39 is 0 Å². The summed E-state index contributed by atoms with van der Waals surface area (Å²) in [5.41, 5.74) is 0. The highest BCUT2D eigenvalue weighted by Gasteiger charge is 2.29. The molecule has 0 aromatic carbocycles. The SMILES string of the molecule is CCCC1CC(NC2CCCCC2CO)CCO1. The van der Waals surface area contributed by atoms with Gasteiger partial charge in [-0.3, -0.25) is 0 Å². The molecule has 2 N–H and O–H groups in total. The van der Waals surface area contributed by atoms with Gasteiger partial charge in [0, 0.05) is 25.3 Å². The molecule has 0 amide bonds. The number of hydrogen-bond donors (Lipinski definition) is 2. The molecule has 4 unspecified atom stereocenters. The minimum atomic E-state index is 0.347. The van der Waals surface area contributed by atoms with Crippen molar-refractivity contribution < 1.29 is 9.84 Å². The van der Waals surface area contributed by atoms with Crippen LogP contribution in [0.5, 0.6) is 0 Å². The highest BCUT2D eigenvalue weighted by Crippen LogP contribution is 2.26. The van der Waals surface area contributed by atoms with Gasteiger partial charge in [0.2, 0.25) is 0 Å². The second-order valence-corrected chi connectivity index (χ2v) is 6.00. The van der Waals surface area contributed by atoms with Gasteiger partial charge in [0.15, 0.2) is 0 Å². The summed E-state index contributed by atoms with van der Waals surface area (Å²) in [6, 6.07) is 1.14. The Morgan fingerprint density at radius 1 is 1.22 bits per heavy atom. The molecule has 0 spiro atoms. The summed E-state index contributed by atoms with van der Waals surface area (Å²) in [5, 5.41) is 13.3. The lowest BCUT2D eigenvalue weighted by Gasteiger charge is -2.37. The van der Waals surface area contributed by atoms with Gasteiger partial charge in [-0.1, -0.05) is 26.2 Å². The number of aliphatic hydroxyl groups excluding tert-OH is 1. The van der Waals surface area contributed by atoms with Crippen molar-refractivity contribution in [2.24, 2.45) is 5.92 Å². The Balaban J connectivity index is 1.80. The summed E-state index contributed by atoms with van der Waals surface area (Å²) < 4.78 is 5.80. The molecule has 1 saturated heterocycles. The first-order chi connectivity index (χ1) is 8.83. The molecular weight excluding hydrogens is 226 g/mol. The quantitative estimate of drug-likeness (QED) is 0.793. The number of rotatable bonds is 5. The van der Waals surface area contributed by atoms with Crippen molar-refractivity contribution >= 4 is 0 Å². The fourth-order valence-corrected chi connectivity index (χ4v) is 3.50. The molecule has 106 valence electrons. The normalized spacial score (nSPS) is 37.7. The van der Waals surface area contributed by atoms with Gasteiger partial charge in [-0.15, -0.1) is 0 Å². The van der Waals surface area contributed by atoms with Crippen LogP contribution in [0.1, 0.15) is 58.3 Å². The molecular formula is C15H29NO2. The van der Waals surface area contributed by atoms with Crippen molar-refractivity contribution in [3.05, 3.63) is 0 Å². The molecule has 1 aliphatic heterocycles. The lowest BCUT2D eigenvalue weighted by atomic mass is 9.84. The number of nitrogens with one attached hydrogen (secondary N) is 1. The van der Waals surface area contributed by atoms with Gasteiger partial charge in [0.05, 0.1) is 6.10 Å². The molecule has 1 heterocycles. The standard InChI is InChI=1S/C15H29NO2/c1-2-5-14-10-13(8-9-18-14)16-15-7-4-3-6-12(15)11-17/h12-17H,2-11H2,1H3. The summed E-state index contributed by atoms with van der Waals surface area (Å²) in [7, 11) is 0. The van der Waals surface area contributed by atoms with Crippen LogP contribution in [-0.4, -0.2) is 36.5 Å². The van der Waals surface area contributed by atoms with Crippen molar-refractivity contribution in [2.75, 3.05) is 13.2 Å². The highest BCUT2D eigenvalue weighted by atomic mass is 16.5. The Kier molecular flexibility index (Phi) is 5.93. The Bertz CT molecular complexity index is 233. The minimum absolute atomic E-state index is 0.347. The van der Waals surface area contributed by atoms with Gasteiger partial charge in [0.1, 0.15) is 0 Å². The van der Waals surface area contributed by atoms with Crippen molar-refractivity contribution in [1.29, 1.82) is 0 Å². The fourth-order valence-electron chi connectivity index (χ4n) is 3.50. The lowest BCUT2D eigenvalue weighted by Crippen LogP contribution is -2.48. The summed E-state index contributed by atoms with van der Waals surface area (Å²) in [6.07, 6.45) is 10.2. The summed E-state index contributed by atoms with van der Waals surface area (Å²) >= 11 is 0. The average molecular weight is 255 g/mol. The maximum atomic E-state index is 9.46. The molecule has 0 bridgehead atoms. The first-order valence-corrected chi connectivity index (χ1v) is 7.82. The average Bonchev–Trinajstić information content (AvgIpc) is 2.40. The van der Waals surface area contributed by atoms with E-state index in [1.807, 2.05) is 0 Å². The molecule has 4 atom stereocenters. The van der Waals surface area contributed by atoms with E-state index in [0.717, 1.165) is 19.4 Å². The van der Waals surface area contributed by atoms with Crippen LogP contribution in [0.2, 0.25) is 0 Å². The molecule has 3 nitrogen and oxygen atoms in total. The van der Waals surface area contributed by atoms with Crippen molar-refractivity contribution in [3.63, 3.8) is 0 Å². The third kappa shape index (κ3) is 3.94. The molecule has 18 heavy (non-hydrogen) atoms. The predicted octanol–water partition coefficient (Wildman–Crippen LogP) is 2.47. The first kappa shape index (κ1) is 14.3. The van der Waals surface area contributed by atoms with Crippen LogP contribution >= 0.6 is 0 Å². The van der Waals surface area contributed by atoms with Crippen LogP contribution in [0.3, 0.4) is 0 Å². The minimum Gasteiger partial charge on any atom is -0.396 e. The second-order valence-electron chi connectivity index (χ2n) is 6.00. The third-order valence-corrected chi connectivity index (χ3v) is 4.57. The van der Waals surface area contributed by atoms with Gasteiger partial charge in [0.25, 0.3) is 0 Å². The van der Waals surface area contributed by atoms with Crippen molar-refractivity contribution in [1.82, 2.24) is 5.32 Å². The van der Waals surface area contributed by atoms with Crippen LogP contribution in [0.15, 0.2) is 0 Å². The number of hydrogen-bond acceptors (Lipinski definition) is 3. The van der Waals surface area contributed by atoms with Crippen LogP contribution in [0, 0.1) is 5.92 Å². The molecule has 0 aromatic heterocycles. The maximum Gasteiger partial charge on any atom is 0.0589 e. The number of ether oxygens (including phenoxy) is 1. The zero-order chi connectivity index (χ0) is 12.8. The van der Waals surface area contributed by atoms with Gasteiger partial charge in [-0.2, -0.15) is 0 Å². The van der Waals surface area contributed by atoms with E-state index >= 15 is 0 Å². The topological polar surface area (TPSA) is 41.5 Å². The molecule has 2 rings (SSSR count). The largest absolute Gasteiger partial charge is 0.396 e. The smallest absolute Gasteiger partial charge is 0.0589 e. The van der Waals surface area contributed by atoms with E-state index in [9.17, 15) is 5.11 Å². The third-order valence-electron chi connectivity index (χ3n) is 4.57.